The molecule has 2 amide bonds. The Morgan fingerprint density at radius 2 is 1.81 bits per heavy atom. The van der Waals surface area contributed by atoms with Gasteiger partial charge in [0, 0.05) is 17.6 Å². The Labute approximate surface area is 196 Å². The third-order valence-electron chi connectivity index (χ3n) is 6.26. The summed E-state index contributed by atoms with van der Waals surface area (Å²) in [6, 6.07) is 12.7. The van der Waals surface area contributed by atoms with Gasteiger partial charge < -0.3 is 15.0 Å². The number of amides is 2. The Morgan fingerprint density at radius 3 is 2.50 bits per heavy atom. The molecule has 3 rings (SSSR count). The molecule has 2 aromatic rings. The smallest absolute Gasteiger partial charge is 0.261 e. The lowest BCUT2D eigenvalue weighted by Crippen LogP contribution is -2.51. The second-order valence-electron chi connectivity index (χ2n) is 8.67. The van der Waals surface area contributed by atoms with Crippen molar-refractivity contribution < 1.29 is 14.3 Å². The van der Waals surface area contributed by atoms with Crippen LogP contribution < -0.4 is 10.1 Å². The van der Waals surface area contributed by atoms with Crippen molar-refractivity contribution in [1.82, 2.24) is 10.2 Å². The average molecular weight is 457 g/mol. The molecule has 6 heteroatoms. The topological polar surface area (TPSA) is 58.6 Å². The maximum Gasteiger partial charge on any atom is 0.261 e. The minimum atomic E-state index is -0.635. The summed E-state index contributed by atoms with van der Waals surface area (Å²) in [4.78, 5) is 27.8. The fourth-order valence-electron chi connectivity index (χ4n) is 3.99. The minimum Gasteiger partial charge on any atom is -0.484 e. The van der Waals surface area contributed by atoms with Gasteiger partial charge in [-0.1, -0.05) is 55.1 Å². The first kappa shape index (κ1) is 24.1. The van der Waals surface area contributed by atoms with Crippen LogP contribution in [0, 0.1) is 13.8 Å². The van der Waals surface area contributed by atoms with Crippen LogP contribution in [0.1, 0.15) is 55.7 Å². The molecule has 0 bridgehead atoms. The molecule has 32 heavy (non-hydrogen) atoms. The van der Waals surface area contributed by atoms with Gasteiger partial charge in [-0.2, -0.15) is 0 Å². The average Bonchev–Trinajstić information content (AvgIpc) is 2.79. The van der Waals surface area contributed by atoms with Crippen LogP contribution in [0.15, 0.2) is 42.5 Å². The molecule has 0 saturated heterocycles. The van der Waals surface area contributed by atoms with E-state index in [1.165, 1.54) is 6.42 Å². The number of halogens is 1. The van der Waals surface area contributed by atoms with Gasteiger partial charge in [-0.05, 0) is 68.5 Å². The highest BCUT2D eigenvalue weighted by molar-refractivity contribution is 6.31. The number of carbonyl (C=O) groups excluding carboxylic acids is 2. The summed E-state index contributed by atoms with van der Waals surface area (Å²) in [5, 5.41) is 3.70. The lowest BCUT2D eigenvalue weighted by molar-refractivity contribution is -0.142. The summed E-state index contributed by atoms with van der Waals surface area (Å²) < 4.78 is 5.78. The van der Waals surface area contributed by atoms with E-state index in [2.05, 4.69) is 5.32 Å². The molecule has 0 spiro atoms. The maximum atomic E-state index is 13.2. The van der Waals surface area contributed by atoms with E-state index in [0.29, 0.717) is 10.8 Å². The van der Waals surface area contributed by atoms with Crippen LogP contribution in [0.25, 0.3) is 0 Å². The minimum absolute atomic E-state index is 0.136. The number of nitrogens with zero attached hydrogens (tertiary/aromatic N) is 1. The zero-order chi connectivity index (χ0) is 23.1. The highest BCUT2D eigenvalue weighted by atomic mass is 35.5. The quantitative estimate of drug-likeness (QED) is 0.593. The molecule has 0 aliphatic heterocycles. The summed E-state index contributed by atoms with van der Waals surface area (Å²) in [7, 11) is 0. The zero-order valence-electron chi connectivity index (χ0n) is 19.2. The van der Waals surface area contributed by atoms with Crippen LogP contribution in [-0.2, 0) is 16.1 Å². The first-order chi connectivity index (χ1) is 15.3. The fourth-order valence-corrected chi connectivity index (χ4v) is 4.19. The van der Waals surface area contributed by atoms with Crippen molar-refractivity contribution in [3.63, 3.8) is 0 Å². The SMILES string of the molecule is Cc1ccc(OCC(=O)N(Cc2ccccc2Cl)C(C)C(=O)NC2CCCCC2)cc1C. The Hall–Kier alpha value is -2.53. The molecule has 0 radical (unpaired) electrons. The summed E-state index contributed by atoms with van der Waals surface area (Å²) in [6.07, 6.45) is 5.46. The van der Waals surface area contributed by atoms with Crippen molar-refractivity contribution in [3.8, 4) is 5.75 Å². The van der Waals surface area contributed by atoms with E-state index >= 15 is 0 Å². The van der Waals surface area contributed by atoms with Crippen LogP contribution in [-0.4, -0.2) is 35.4 Å². The van der Waals surface area contributed by atoms with E-state index < -0.39 is 6.04 Å². The number of hydrogen-bond donors (Lipinski definition) is 1. The Balaban J connectivity index is 1.72. The Morgan fingerprint density at radius 1 is 1.09 bits per heavy atom. The number of aryl methyl sites for hydroxylation is 2. The fraction of sp³-hybridized carbons (Fsp3) is 0.462. The molecule has 5 nitrogen and oxygen atoms in total. The standard InChI is InChI=1S/C26H33ClN2O3/c1-18-13-14-23(15-19(18)2)32-17-25(30)29(16-21-9-7-8-12-24(21)27)20(3)26(31)28-22-10-5-4-6-11-22/h7-9,12-15,20,22H,4-6,10-11,16-17H2,1-3H3,(H,28,31). The van der Waals surface area contributed by atoms with Crippen molar-refractivity contribution in [1.29, 1.82) is 0 Å². The maximum absolute atomic E-state index is 13.2. The molecule has 172 valence electrons. The van der Waals surface area contributed by atoms with Gasteiger partial charge in [-0.25, -0.2) is 0 Å². The van der Waals surface area contributed by atoms with Crippen LogP contribution in [0.5, 0.6) is 5.75 Å². The van der Waals surface area contributed by atoms with Crippen LogP contribution >= 0.6 is 11.6 Å². The Bertz CT molecular complexity index is 940. The predicted octanol–water partition coefficient (Wildman–Crippen LogP) is 5.20. The van der Waals surface area contributed by atoms with Crippen LogP contribution in [0.3, 0.4) is 0 Å². The molecular weight excluding hydrogens is 424 g/mol. The van der Waals surface area contributed by atoms with E-state index in [-0.39, 0.29) is 31.0 Å². The van der Waals surface area contributed by atoms with Gasteiger partial charge in [0.15, 0.2) is 6.61 Å². The van der Waals surface area contributed by atoms with Gasteiger partial charge in [0.1, 0.15) is 11.8 Å². The molecule has 0 aromatic heterocycles. The van der Waals surface area contributed by atoms with Crippen LogP contribution in [0.4, 0.5) is 0 Å². The third-order valence-corrected chi connectivity index (χ3v) is 6.63. The van der Waals surface area contributed by atoms with Crippen molar-refractivity contribution in [2.45, 2.75) is 71.5 Å². The molecule has 0 heterocycles. The van der Waals surface area contributed by atoms with E-state index in [1.54, 1.807) is 17.9 Å². The molecule has 1 aliphatic rings. The first-order valence-corrected chi connectivity index (χ1v) is 11.8. The summed E-state index contributed by atoms with van der Waals surface area (Å²) in [6.45, 7) is 5.90. The highest BCUT2D eigenvalue weighted by Gasteiger charge is 2.28. The molecule has 1 aliphatic carbocycles. The van der Waals surface area contributed by atoms with Gasteiger partial charge in [0.05, 0.1) is 0 Å². The predicted molar refractivity (Wildman–Crippen MR) is 128 cm³/mol. The number of hydrogen-bond acceptors (Lipinski definition) is 3. The van der Waals surface area contributed by atoms with E-state index in [1.807, 2.05) is 50.2 Å². The lowest BCUT2D eigenvalue weighted by Gasteiger charge is -2.31. The van der Waals surface area contributed by atoms with Gasteiger partial charge >= 0.3 is 0 Å². The Kier molecular flexibility index (Phi) is 8.57. The molecule has 1 N–H and O–H groups in total. The van der Waals surface area contributed by atoms with Crippen molar-refractivity contribution >= 4 is 23.4 Å². The second-order valence-corrected chi connectivity index (χ2v) is 9.07. The molecular formula is C26H33ClN2O3. The number of carbonyl (C=O) groups is 2. The molecule has 1 atom stereocenters. The number of rotatable bonds is 8. The zero-order valence-corrected chi connectivity index (χ0v) is 20.0. The number of ether oxygens (including phenoxy) is 1. The normalized spacial score (nSPS) is 15.1. The third kappa shape index (κ3) is 6.49. The van der Waals surface area contributed by atoms with Crippen molar-refractivity contribution in [2.24, 2.45) is 0 Å². The monoisotopic (exact) mass is 456 g/mol. The molecule has 1 unspecified atom stereocenters. The molecule has 1 fully saturated rings. The highest BCUT2D eigenvalue weighted by Crippen LogP contribution is 2.21. The number of benzene rings is 2. The summed E-state index contributed by atoms with van der Waals surface area (Å²) in [5.41, 5.74) is 3.06. The first-order valence-electron chi connectivity index (χ1n) is 11.4. The molecule has 1 saturated carbocycles. The van der Waals surface area contributed by atoms with E-state index in [4.69, 9.17) is 16.3 Å². The lowest BCUT2D eigenvalue weighted by atomic mass is 9.95. The summed E-state index contributed by atoms with van der Waals surface area (Å²) >= 11 is 6.35. The van der Waals surface area contributed by atoms with Gasteiger partial charge in [0.2, 0.25) is 5.91 Å². The van der Waals surface area contributed by atoms with Gasteiger partial charge in [-0.15, -0.1) is 0 Å². The van der Waals surface area contributed by atoms with Crippen molar-refractivity contribution in [3.05, 3.63) is 64.2 Å². The van der Waals surface area contributed by atoms with Crippen molar-refractivity contribution in [2.75, 3.05) is 6.61 Å². The van der Waals surface area contributed by atoms with Gasteiger partial charge in [0.25, 0.3) is 5.91 Å². The largest absolute Gasteiger partial charge is 0.484 e. The van der Waals surface area contributed by atoms with Crippen LogP contribution in [0.2, 0.25) is 5.02 Å². The van der Waals surface area contributed by atoms with E-state index in [9.17, 15) is 9.59 Å². The summed E-state index contributed by atoms with van der Waals surface area (Å²) in [5.74, 6) is 0.247. The van der Waals surface area contributed by atoms with Gasteiger partial charge in [-0.3, -0.25) is 9.59 Å². The van der Waals surface area contributed by atoms with E-state index in [0.717, 1.165) is 42.4 Å². The number of nitrogens with one attached hydrogen (secondary N) is 1. The molecule has 2 aromatic carbocycles. The second kappa shape index (κ2) is 11.4.